The summed E-state index contributed by atoms with van der Waals surface area (Å²) in [7, 11) is 1.83. The van der Waals surface area contributed by atoms with Gasteiger partial charge in [-0.2, -0.15) is 5.10 Å². The van der Waals surface area contributed by atoms with Gasteiger partial charge in [-0.25, -0.2) is 0 Å². The number of amides is 1. The van der Waals surface area contributed by atoms with Crippen molar-refractivity contribution in [2.24, 2.45) is 7.05 Å². The Morgan fingerprint density at radius 3 is 2.81 bits per heavy atom. The molecule has 1 saturated heterocycles. The summed E-state index contributed by atoms with van der Waals surface area (Å²) in [6.45, 7) is 1.47. The van der Waals surface area contributed by atoms with Crippen LogP contribution in [-0.2, 0) is 7.05 Å². The number of carbonyl (C=O) groups is 1. The first-order chi connectivity index (χ1) is 12.7. The second-order valence-electron chi connectivity index (χ2n) is 6.36. The van der Waals surface area contributed by atoms with Gasteiger partial charge in [0, 0.05) is 31.5 Å². The van der Waals surface area contributed by atoms with Crippen molar-refractivity contribution in [2.45, 2.75) is 11.7 Å². The summed E-state index contributed by atoms with van der Waals surface area (Å²) in [6.07, 6.45) is 2.61. The Balaban J connectivity index is 1.50. The first kappa shape index (κ1) is 17.0. The van der Waals surface area contributed by atoms with Gasteiger partial charge < -0.3 is 9.32 Å². The summed E-state index contributed by atoms with van der Waals surface area (Å²) in [5.41, 5.74) is 2.48. The largest absolute Gasteiger partial charge is 0.468 e. The predicted molar refractivity (Wildman–Crippen MR) is 103 cm³/mol. The first-order valence-electron chi connectivity index (χ1n) is 8.76. The van der Waals surface area contributed by atoms with Crippen molar-refractivity contribution >= 4 is 17.7 Å². The number of hydrogen-bond acceptors (Lipinski definition) is 4. The molecule has 5 nitrogen and oxygen atoms in total. The van der Waals surface area contributed by atoms with Crippen molar-refractivity contribution in [3.05, 3.63) is 66.2 Å². The molecule has 3 aromatic rings. The fraction of sp³-hybridized carbons (Fsp3) is 0.300. The van der Waals surface area contributed by atoms with E-state index in [9.17, 15) is 4.79 Å². The number of thioether (sulfide) groups is 1. The van der Waals surface area contributed by atoms with E-state index < -0.39 is 0 Å². The number of furan rings is 1. The molecule has 0 bridgehead atoms. The molecule has 1 amide bonds. The number of aromatic nitrogens is 2. The lowest BCUT2D eigenvalue weighted by Crippen LogP contribution is -2.34. The van der Waals surface area contributed by atoms with E-state index in [2.05, 4.69) is 5.10 Å². The molecule has 3 heterocycles. The van der Waals surface area contributed by atoms with Crippen molar-refractivity contribution < 1.29 is 9.21 Å². The average molecular weight is 367 g/mol. The highest BCUT2D eigenvalue weighted by atomic mass is 32.2. The Kier molecular flexibility index (Phi) is 4.84. The summed E-state index contributed by atoms with van der Waals surface area (Å²) in [6, 6.07) is 15.8. The molecule has 26 heavy (non-hydrogen) atoms. The lowest BCUT2D eigenvalue weighted by molar-refractivity contribution is 0.0755. The lowest BCUT2D eigenvalue weighted by atomic mass is 10.1. The third kappa shape index (κ3) is 3.42. The summed E-state index contributed by atoms with van der Waals surface area (Å²) < 4.78 is 7.23. The normalized spacial score (nSPS) is 17.9. The fourth-order valence-electron chi connectivity index (χ4n) is 3.25. The molecule has 0 N–H and O–H groups in total. The van der Waals surface area contributed by atoms with Crippen LogP contribution in [0.25, 0.3) is 11.3 Å². The Bertz CT molecular complexity index is 874. The van der Waals surface area contributed by atoms with Crippen molar-refractivity contribution in [3.63, 3.8) is 0 Å². The number of carbonyl (C=O) groups excluding carboxylic acids is 1. The van der Waals surface area contributed by atoms with Gasteiger partial charge in [0.25, 0.3) is 5.91 Å². The van der Waals surface area contributed by atoms with E-state index in [0.717, 1.165) is 42.3 Å². The van der Waals surface area contributed by atoms with Crippen molar-refractivity contribution in [1.82, 2.24) is 14.7 Å². The maximum absolute atomic E-state index is 13.0. The molecule has 134 valence electrons. The average Bonchev–Trinajstić information content (AvgIpc) is 3.26. The number of rotatable bonds is 3. The van der Waals surface area contributed by atoms with Gasteiger partial charge in [-0.05, 0) is 24.6 Å². The van der Waals surface area contributed by atoms with Crippen molar-refractivity contribution in [1.29, 1.82) is 0 Å². The third-order valence-corrected chi connectivity index (χ3v) is 5.95. The molecule has 1 aliphatic heterocycles. The zero-order valence-electron chi connectivity index (χ0n) is 14.7. The van der Waals surface area contributed by atoms with Crippen LogP contribution in [0.15, 0.2) is 59.2 Å². The molecule has 1 atom stereocenters. The van der Waals surface area contributed by atoms with Crippen LogP contribution in [0.5, 0.6) is 0 Å². The SMILES string of the molecule is Cn1nc(-c2ccccc2)cc1C(=O)N1CCS[C@H](c2ccco2)CC1. The van der Waals surface area contributed by atoms with Crippen LogP contribution in [0, 0.1) is 0 Å². The molecular formula is C20H21N3O2S. The minimum absolute atomic E-state index is 0.0443. The number of benzene rings is 1. The smallest absolute Gasteiger partial charge is 0.272 e. The van der Waals surface area contributed by atoms with E-state index in [4.69, 9.17) is 4.42 Å². The molecule has 0 spiro atoms. The zero-order valence-corrected chi connectivity index (χ0v) is 15.5. The van der Waals surface area contributed by atoms with Crippen molar-refractivity contribution in [2.75, 3.05) is 18.8 Å². The summed E-state index contributed by atoms with van der Waals surface area (Å²) >= 11 is 1.85. The predicted octanol–water partition coefficient (Wildman–Crippen LogP) is 4.00. The van der Waals surface area contributed by atoms with Gasteiger partial charge in [0.15, 0.2) is 0 Å². The highest BCUT2D eigenvalue weighted by Gasteiger charge is 2.26. The van der Waals surface area contributed by atoms with E-state index in [1.54, 1.807) is 10.9 Å². The maximum Gasteiger partial charge on any atom is 0.272 e. The molecule has 4 rings (SSSR count). The van der Waals surface area contributed by atoms with Crippen LogP contribution in [0.4, 0.5) is 0 Å². The van der Waals surface area contributed by atoms with E-state index in [0.29, 0.717) is 10.9 Å². The molecule has 0 saturated carbocycles. The van der Waals surface area contributed by atoms with E-state index >= 15 is 0 Å². The summed E-state index contributed by atoms with van der Waals surface area (Å²) in [5.74, 6) is 1.94. The zero-order chi connectivity index (χ0) is 17.9. The van der Waals surface area contributed by atoms with E-state index in [1.807, 2.05) is 72.2 Å². The minimum Gasteiger partial charge on any atom is -0.468 e. The van der Waals surface area contributed by atoms with Gasteiger partial charge in [-0.3, -0.25) is 9.48 Å². The number of hydrogen-bond donors (Lipinski definition) is 0. The van der Waals surface area contributed by atoms with E-state index in [-0.39, 0.29) is 5.91 Å². The van der Waals surface area contributed by atoms with Gasteiger partial charge >= 0.3 is 0 Å². The second kappa shape index (κ2) is 7.41. The molecule has 2 aromatic heterocycles. The van der Waals surface area contributed by atoms with Gasteiger partial charge in [0.05, 0.1) is 17.2 Å². The van der Waals surface area contributed by atoms with Crippen LogP contribution in [-0.4, -0.2) is 39.4 Å². The quantitative estimate of drug-likeness (QED) is 0.702. The van der Waals surface area contributed by atoms with Crippen LogP contribution >= 0.6 is 11.8 Å². The highest BCUT2D eigenvalue weighted by molar-refractivity contribution is 7.99. The van der Waals surface area contributed by atoms with Gasteiger partial charge in [-0.1, -0.05) is 30.3 Å². The third-order valence-electron chi connectivity index (χ3n) is 4.66. The Morgan fingerprint density at radius 1 is 1.19 bits per heavy atom. The Hall–Kier alpha value is -2.47. The molecule has 1 fully saturated rings. The Labute approximate surface area is 157 Å². The van der Waals surface area contributed by atoms with Crippen molar-refractivity contribution in [3.8, 4) is 11.3 Å². The van der Waals surface area contributed by atoms with Crippen LogP contribution in [0.3, 0.4) is 0 Å². The molecule has 0 radical (unpaired) electrons. The maximum atomic E-state index is 13.0. The lowest BCUT2D eigenvalue weighted by Gasteiger charge is -2.19. The van der Waals surface area contributed by atoms with Crippen LogP contribution < -0.4 is 0 Å². The van der Waals surface area contributed by atoms with Gasteiger partial charge in [-0.15, -0.1) is 11.8 Å². The number of nitrogens with zero attached hydrogens (tertiary/aromatic N) is 3. The second-order valence-corrected chi connectivity index (χ2v) is 7.67. The fourth-order valence-corrected chi connectivity index (χ4v) is 4.44. The van der Waals surface area contributed by atoms with Gasteiger partial charge in [0.1, 0.15) is 11.5 Å². The molecular weight excluding hydrogens is 346 g/mol. The highest BCUT2D eigenvalue weighted by Crippen LogP contribution is 2.34. The Morgan fingerprint density at radius 2 is 2.04 bits per heavy atom. The van der Waals surface area contributed by atoms with Crippen LogP contribution in [0.2, 0.25) is 0 Å². The monoisotopic (exact) mass is 367 g/mol. The molecule has 6 heteroatoms. The van der Waals surface area contributed by atoms with E-state index in [1.165, 1.54) is 0 Å². The first-order valence-corrected chi connectivity index (χ1v) is 9.81. The summed E-state index contributed by atoms with van der Waals surface area (Å²) in [5, 5.41) is 4.84. The number of aryl methyl sites for hydroxylation is 1. The van der Waals surface area contributed by atoms with Gasteiger partial charge in [0.2, 0.25) is 0 Å². The molecule has 0 aliphatic carbocycles. The summed E-state index contributed by atoms with van der Waals surface area (Å²) in [4.78, 5) is 15.0. The topological polar surface area (TPSA) is 51.3 Å². The molecule has 1 aromatic carbocycles. The minimum atomic E-state index is 0.0443. The molecule has 1 aliphatic rings. The molecule has 0 unspecified atom stereocenters. The van der Waals surface area contributed by atoms with Crippen LogP contribution in [0.1, 0.15) is 27.9 Å². The standard InChI is InChI=1S/C20H21N3O2S/c1-22-17(14-16(21-22)15-6-3-2-4-7-15)20(24)23-10-9-19(26-13-11-23)18-8-5-12-25-18/h2-8,12,14,19H,9-11,13H2,1H3/t19-/m0/s1.